The SMILES string of the molecule is O=C(NOCC1CC1)c1ccc(F)c(F)c1Nc1ccc(I)cc1F.O=C(NOCC1CC1)c1ccc(F)cc1Nc1ccc(I)cc1F. The highest BCUT2D eigenvalue weighted by Gasteiger charge is 2.24. The van der Waals surface area contributed by atoms with Gasteiger partial charge in [-0.2, -0.15) is 0 Å². The molecule has 15 heteroatoms. The predicted molar refractivity (Wildman–Crippen MR) is 190 cm³/mol. The largest absolute Gasteiger partial charge is 0.352 e. The molecule has 8 nitrogen and oxygen atoms in total. The lowest BCUT2D eigenvalue weighted by Gasteiger charge is -2.14. The van der Waals surface area contributed by atoms with Gasteiger partial charge in [0.2, 0.25) is 0 Å². The number of hydrogen-bond donors (Lipinski definition) is 4. The van der Waals surface area contributed by atoms with E-state index in [4.69, 9.17) is 9.68 Å². The fourth-order valence-electron chi connectivity index (χ4n) is 4.27. The molecule has 0 unspecified atom stereocenters. The van der Waals surface area contributed by atoms with Crippen molar-refractivity contribution in [2.75, 3.05) is 23.8 Å². The minimum atomic E-state index is -1.27. The quantitative estimate of drug-likeness (QED) is 0.0645. The molecule has 0 saturated heterocycles. The number of halogens is 7. The second-order valence-electron chi connectivity index (χ2n) is 11.3. The summed E-state index contributed by atoms with van der Waals surface area (Å²) in [5.74, 6) is -4.41. The van der Waals surface area contributed by atoms with Crippen molar-refractivity contribution in [3.63, 3.8) is 0 Å². The van der Waals surface area contributed by atoms with Crippen LogP contribution in [-0.2, 0) is 9.68 Å². The summed E-state index contributed by atoms with van der Waals surface area (Å²) in [7, 11) is 0. The standard InChI is InChI=1S/C17H14F3IN2O2.C17H15F2IN2O2/c18-12-5-4-11(17(24)23-25-8-9-1-2-9)16(15(12)20)22-14-6-3-10(21)7-13(14)19;18-11-3-5-13(17(23)22-24-9-10-1-2-10)16(7-11)21-15-6-4-12(20)8-14(15)19/h3-7,9,22H,1-2,8H2,(H,23,24);3-8,10,21H,1-2,9H2,(H,22,23). The van der Waals surface area contributed by atoms with Crippen LogP contribution in [0, 0.1) is 48.1 Å². The monoisotopic (exact) mass is 906 g/mol. The summed E-state index contributed by atoms with van der Waals surface area (Å²) in [6.45, 7) is 0.825. The van der Waals surface area contributed by atoms with E-state index in [9.17, 15) is 31.5 Å². The molecular formula is C34H29F5I2N4O4. The van der Waals surface area contributed by atoms with Crippen molar-refractivity contribution in [1.82, 2.24) is 11.0 Å². The molecule has 0 bridgehead atoms. The van der Waals surface area contributed by atoms with Crippen LogP contribution in [0.15, 0.2) is 66.7 Å². The Morgan fingerprint density at radius 3 is 1.65 bits per heavy atom. The molecule has 258 valence electrons. The molecule has 4 aromatic carbocycles. The molecule has 2 amide bonds. The average Bonchev–Trinajstić information content (AvgIpc) is 3.99. The van der Waals surface area contributed by atoms with E-state index >= 15 is 0 Å². The third-order valence-corrected chi connectivity index (χ3v) is 8.66. The molecule has 2 fully saturated rings. The van der Waals surface area contributed by atoms with Gasteiger partial charge in [0.15, 0.2) is 11.6 Å². The molecule has 0 spiro atoms. The van der Waals surface area contributed by atoms with Gasteiger partial charge in [0.05, 0.1) is 47.1 Å². The van der Waals surface area contributed by atoms with Gasteiger partial charge in [0.25, 0.3) is 11.8 Å². The number of anilines is 4. The van der Waals surface area contributed by atoms with Gasteiger partial charge < -0.3 is 10.6 Å². The van der Waals surface area contributed by atoms with Crippen LogP contribution in [0.3, 0.4) is 0 Å². The molecule has 2 aliphatic rings. The van der Waals surface area contributed by atoms with Gasteiger partial charge in [-0.1, -0.05) is 0 Å². The Kier molecular flexibility index (Phi) is 12.7. The average molecular weight is 906 g/mol. The van der Waals surface area contributed by atoms with Crippen molar-refractivity contribution < 1.29 is 41.2 Å². The first-order valence-electron chi connectivity index (χ1n) is 15.0. The molecule has 0 aromatic heterocycles. The summed E-state index contributed by atoms with van der Waals surface area (Å²) in [5, 5.41) is 5.23. The maximum atomic E-state index is 14.2. The van der Waals surface area contributed by atoms with Gasteiger partial charge in [-0.05, 0) is 149 Å². The van der Waals surface area contributed by atoms with Crippen molar-refractivity contribution in [1.29, 1.82) is 0 Å². The van der Waals surface area contributed by atoms with Gasteiger partial charge in [-0.3, -0.25) is 19.3 Å². The maximum Gasteiger partial charge on any atom is 0.277 e. The Balaban J connectivity index is 0.000000191. The maximum absolute atomic E-state index is 14.2. The number of hydroxylamine groups is 2. The molecule has 0 atom stereocenters. The number of benzene rings is 4. The van der Waals surface area contributed by atoms with Crippen molar-refractivity contribution >= 4 is 79.7 Å². The predicted octanol–water partition coefficient (Wildman–Crippen LogP) is 8.91. The van der Waals surface area contributed by atoms with Gasteiger partial charge in [-0.25, -0.2) is 32.9 Å². The molecule has 4 aromatic rings. The fraction of sp³-hybridized carbons (Fsp3) is 0.235. The zero-order chi connectivity index (χ0) is 35.1. The van der Waals surface area contributed by atoms with Gasteiger partial charge in [0.1, 0.15) is 17.5 Å². The molecule has 2 saturated carbocycles. The Morgan fingerprint density at radius 2 is 1.12 bits per heavy atom. The molecule has 49 heavy (non-hydrogen) atoms. The minimum Gasteiger partial charge on any atom is -0.352 e. The Bertz CT molecular complexity index is 1840. The number of amides is 2. The summed E-state index contributed by atoms with van der Waals surface area (Å²) in [5.41, 5.74) is 4.34. The number of nitrogens with one attached hydrogen (secondary N) is 4. The van der Waals surface area contributed by atoms with E-state index < -0.39 is 46.6 Å². The zero-order valence-electron chi connectivity index (χ0n) is 25.5. The van der Waals surface area contributed by atoms with Crippen LogP contribution >= 0.6 is 45.2 Å². The molecule has 0 aliphatic heterocycles. The summed E-state index contributed by atoms with van der Waals surface area (Å²) < 4.78 is 70.7. The van der Waals surface area contributed by atoms with E-state index in [1.54, 1.807) is 12.1 Å². The lowest BCUT2D eigenvalue weighted by atomic mass is 10.1. The summed E-state index contributed by atoms with van der Waals surface area (Å²) in [6.07, 6.45) is 4.29. The first-order chi connectivity index (χ1) is 23.5. The Hall–Kier alpha value is -3.55. The van der Waals surface area contributed by atoms with E-state index in [2.05, 4.69) is 21.6 Å². The summed E-state index contributed by atoms with van der Waals surface area (Å²) >= 11 is 3.92. The van der Waals surface area contributed by atoms with E-state index in [0.717, 1.165) is 47.5 Å². The van der Waals surface area contributed by atoms with E-state index in [1.165, 1.54) is 36.4 Å². The lowest BCUT2D eigenvalue weighted by molar-refractivity contribution is 0.0268. The molecule has 0 radical (unpaired) electrons. The normalized spacial score (nSPS) is 13.6. The van der Waals surface area contributed by atoms with Gasteiger partial charge in [-0.15, -0.1) is 0 Å². The first kappa shape index (κ1) is 36.7. The van der Waals surface area contributed by atoms with Crippen LogP contribution < -0.4 is 21.6 Å². The molecule has 2 aliphatic carbocycles. The highest BCUT2D eigenvalue weighted by Crippen LogP contribution is 2.31. The van der Waals surface area contributed by atoms with E-state index in [1.807, 2.05) is 45.2 Å². The molecule has 6 rings (SSSR count). The highest BCUT2D eigenvalue weighted by atomic mass is 127. The molecule has 4 N–H and O–H groups in total. The molecular weight excluding hydrogens is 877 g/mol. The van der Waals surface area contributed by atoms with Crippen LogP contribution in [0.4, 0.5) is 44.7 Å². The Morgan fingerprint density at radius 1 is 0.612 bits per heavy atom. The summed E-state index contributed by atoms with van der Waals surface area (Å²) in [6, 6.07) is 14.4. The second-order valence-corrected chi connectivity index (χ2v) is 13.8. The number of rotatable bonds is 12. The highest BCUT2D eigenvalue weighted by molar-refractivity contribution is 14.1. The van der Waals surface area contributed by atoms with Crippen LogP contribution in [0.1, 0.15) is 46.4 Å². The smallest absolute Gasteiger partial charge is 0.277 e. The summed E-state index contributed by atoms with van der Waals surface area (Å²) in [4.78, 5) is 34.6. The minimum absolute atomic E-state index is 0.0714. The van der Waals surface area contributed by atoms with Gasteiger partial charge >= 0.3 is 0 Å². The van der Waals surface area contributed by atoms with Crippen molar-refractivity contribution in [2.24, 2.45) is 11.8 Å². The number of carbonyl (C=O) groups excluding carboxylic acids is 2. The first-order valence-corrected chi connectivity index (χ1v) is 17.2. The third kappa shape index (κ3) is 10.7. The van der Waals surface area contributed by atoms with Crippen LogP contribution in [0.2, 0.25) is 0 Å². The molecule has 0 heterocycles. The second kappa shape index (κ2) is 16.9. The lowest BCUT2D eigenvalue weighted by Crippen LogP contribution is -2.26. The number of hydrogen-bond acceptors (Lipinski definition) is 6. The van der Waals surface area contributed by atoms with Crippen LogP contribution in [0.25, 0.3) is 0 Å². The third-order valence-electron chi connectivity index (χ3n) is 7.32. The van der Waals surface area contributed by atoms with Crippen LogP contribution in [-0.4, -0.2) is 25.0 Å². The van der Waals surface area contributed by atoms with Crippen molar-refractivity contribution in [3.8, 4) is 0 Å². The zero-order valence-corrected chi connectivity index (χ0v) is 29.8. The van der Waals surface area contributed by atoms with Crippen molar-refractivity contribution in [2.45, 2.75) is 25.7 Å². The van der Waals surface area contributed by atoms with E-state index in [-0.39, 0.29) is 28.2 Å². The fourth-order valence-corrected chi connectivity index (χ4v) is 5.18. The van der Waals surface area contributed by atoms with Crippen molar-refractivity contribution in [3.05, 3.63) is 114 Å². The Labute approximate surface area is 305 Å². The number of carbonyl (C=O) groups is 2. The van der Waals surface area contributed by atoms with E-state index in [0.29, 0.717) is 28.6 Å². The van der Waals surface area contributed by atoms with Crippen LogP contribution in [0.5, 0.6) is 0 Å². The topological polar surface area (TPSA) is 101 Å². The van der Waals surface area contributed by atoms with Gasteiger partial charge in [0, 0.05) is 7.14 Å².